The number of hydrogen-bond acceptors (Lipinski definition) is 2. The van der Waals surface area contributed by atoms with E-state index in [-0.39, 0.29) is 5.60 Å². The van der Waals surface area contributed by atoms with Gasteiger partial charge in [0, 0.05) is 16.0 Å². The van der Waals surface area contributed by atoms with Gasteiger partial charge in [-0.15, -0.1) is 0 Å². The molecule has 1 aliphatic heterocycles. The second-order valence-electron chi connectivity index (χ2n) is 6.66. The fraction of sp³-hybridized carbons (Fsp3) is 0.250. The number of halogens is 1. The molecule has 0 unspecified atom stereocenters. The summed E-state index contributed by atoms with van der Waals surface area (Å²) in [5.74, 6) is 0.759. The van der Waals surface area contributed by atoms with E-state index in [9.17, 15) is 0 Å². The maximum absolute atomic E-state index is 6.25. The van der Waals surface area contributed by atoms with Crippen LogP contribution < -0.4 is 4.74 Å². The lowest BCUT2D eigenvalue weighted by Crippen LogP contribution is -2.33. The zero-order valence-electron chi connectivity index (χ0n) is 13.3. The average Bonchev–Trinajstić information content (AvgIpc) is 2.53. The number of hydrogen-bond donors (Lipinski definition) is 0. The number of ether oxygens (including phenoxy) is 1. The maximum atomic E-state index is 6.25. The summed E-state index contributed by atoms with van der Waals surface area (Å²) in [5.41, 5.74) is 4.31. The van der Waals surface area contributed by atoms with E-state index in [2.05, 4.69) is 38.1 Å². The van der Waals surface area contributed by atoms with Crippen LogP contribution >= 0.6 is 11.6 Å². The molecule has 2 aromatic carbocycles. The van der Waals surface area contributed by atoms with E-state index in [1.807, 2.05) is 24.3 Å². The molecule has 116 valence electrons. The summed E-state index contributed by atoms with van der Waals surface area (Å²) >= 11 is 6.25. The van der Waals surface area contributed by atoms with E-state index in [0.717, 1.165) is 34.6 Å². The summed E-state index contributed by atoms with van der Waals surface area (Å²) in [6, 6.07) is 16.3. The van der Waals surface area contributed by atoms with Crippen LogP contribution in [0.3, 0.4) is 0 Å². The minimum Gasteiger partial charge on any atom is -0.471 e. The summed E-state index contributed by atoms with van der Waals surface area (Å²) in [4.78, 5) is 4.76. The Balaban J connectivity index is 2.07. The lowest BCUT2D eigenvalue weighted by atomic mass is 9.88. The SMILES string of the molecule is CC1(C)CCc2c(nc3ccc(Cl)cc3c2-c2ccccc2)O1. The monoisotopic (exact) mass is 323 g/mol. The quantitative estimate of drug-likeness (QED) is 0.576. The predicted octanol–water partition coefficient (Wildman–Crippen LogP) is 5.66. The third kappa shape index (κ3) is 2.57. The molecule has 0 fully saturated rings. The molecular weight excluding hydrogens is 306 g/mol. The molecule has 0 N–H and O–H groups in total. The van der Waals surface area contributed by atoms with Gasteiger partial charge in [-0.3, -0.25) is 0 Å². The zero-order chi connectivity index (χ0) is 16.0. The van der Waals surface area contributed by atoms with Crippen LogP contribution in [0.1, 0.15) is 25.8 Å². The number of fused-ring (bicyclic) bond motifs is 2. The Morgan fingerprint density at radius 2 is 1.87 bits per heavy atom. The van der Waals surface area contributed by atoms with Crippen LogP contribution in [0.5, 0.6) is 5.88 Å². The summed E-state index contributed by atoms with van der Waals surface area (Å²) in [7, 11) is 0. The minimum absolute atomic E-state index is 0.173. The summed E-state index contributed by atoms with van der Waals surface area (Å²) in [6.07, 6.45) is 1.94. The second-order valence-corrected chi connectivity index (χ2v) is 7.10. The Kier molecular flexibility index (Phi) is 3.31. The molecule has 0 radical (unpaired) electrons. The summed E-state index contributed by atoms with van der Waals surface area (Å²) in [6.45, 7) is 4.23. The fourth-order valence-electron chi connectivity index (χ4n) is 3.24. The summed E-state index contributed by atoms with van der Waals surface area (Å²) < 4.78 is 6.18. The zero-order valence-corrected chi connectivity index (χ0v) is 14.0. The molecule has 0 atom stereocenters. The van der Waals surface area contributed by atoms with E-state index in [1.165, 1.54) is 16.7 Å². The van der Waals surface area contributed by atoms with Crippen molar-refractivity contribution in [3.05, 3.63) is 59.1 Å². The van der Waals surface area contributed by atoms with Gasteiger partial charge in [-0.25, -0.2) is 4.98 Å². The number of benzene rings is 2. The number of rotatable bonds is 1. The van der Waals surface area contributed by atoms with Crippen molar-refractivity contribution in [3.8, 4) is 17.0 Å². The van der Waals surface area contributed by atoms with Gasteiger partial charge in [-0.1, -0.05) is 41.9 Å². The standard InChI is InChI=1S/C20H18ClNO/c1-20(2)11-10-15-18(13-6-4-3-5-7-13)16-12-14(21)8-9-17(16)22-19(15)23-20/h3-9,12H,10-11H2,1-2H3. The third-order valence-electron chi connectivity index (χ3n) is 4.42. The van der Waals surface area contributed by atoms with Crippen molar-refractivity contribution >= 4 is 22.5 Å². The lowest BCUT2D eigenvalue weighted by molar-refractivity contribution is 0.0791. The molecule has 2 nitrogen and oxygen atoms in total. The van der Waals surface area contributed by atoms with Gasteiger partial charge in [0.1, 0.15) is 5.60 Å². The average molecular weight is 324 g/mol. The lowest BCUT2D eigenvalue weighted by Gasteiger charge is -2.33. The molecule has 0 aliphatic carbocycles. The van der Waals surface area contributed by atoms with E-state index in [1.54, 1.807) is 0 Å². The van der Waals surface area contributed by atoms with E-state index < -0.39 is 0 Å². The first-order valence-corrected chi connectivity index (χ1v) is 8.28. The van der Waals surface area contributed by atoms with Gasteiger partial charge in [-0.2, -0.15) is 0 Å². The van der Waals surface area contributed by atoms with Crippen LogP contribution in [-0.2, 0) is 6.42 Å². The van der Waals surface area contributed by atoms with E-state index >= 15 is 0 Å². The molecule has 3 heteroatoms. The van der Waals surface area contributed by atoms with Gasteiger partial charge in [0.15, 0.2) is 0 Å². The third-order valence-corrected chi connectivity index (χ3v) is 4.66. The molecule has 1 aromatic heterocycles. The number of aromatic nitrogens is 1. The Morgan fingerprint density at radius 3 is 2.65 bits per heavy atom. The Labute approximate surface area is 141 Å². The molecule has 23 heavy (non-hydrogen) atoms. The van der Waals surface area contributed by atoms with Crippen LogP contribution in [0.2, 0.25) is 5.02 Å². The fourth-order valence-corrected chi connectivity index (χ4v) is 3.41. The van der Waals surface area contributed by atoms with Crippen molar-refractivity contribution in [2.45, 2.75) is 32.3 Å². The van der Waals surface area contributed by atoms with Crippen molar-refractivity contribution in [2.75, 3.05) is 0 Å². The van der Waals surface area contributed by atoms with Gasteiger partial charge in [0.2, 0.25) is 5.88 Å². The largest absolute Gasteiger partial charge is 0.471 e. The molecule has 3 aromatic rings. The number of nitrogens with zero attached hydrogens (tertiary/aromatic N) is 1. The van der Waals surface area contributed by atoms with Gasteiger partial charge in [0.25, 0.3) is 0 Å². The second kappa shape index (κ2) is 5.24. The van der Waals surface area contributed by atoms with Crippen LogP contribution in [0, 0.1) is 0 Å². The molecule has 0 amide bonds. The smallest absolute Gasteiger partial charge is 0.218 e. The molecule has 1 aliphatic rings. The topological polar surface area (TPSA) is 22.1 Å². The first kappa shape index (κ1) is 14.5. The van der Waals surface area contributed by atoms with Crippen molar-refractivity contribution in [3.63, 3.8) is 0 Å². The van der Waals surface area contributed by atoms with Gasteiger partial charge < -0.3 is 4.74 Å². The Bertz CT molecular complexity index is 887. The first-order valence-electron chi connectivity index (χ1n) is 7.90. The summed E-state index contributed by atoms with van der Waals surface area (Å²) in [5, 5.41) is 1.82. The molecule has 4 rings (SSSR count). The van der Waals surface area contributed by atoms with E-state index in [4.69, 9.17) is 21.3 Å². The highest BCUT2D eigenvalue weighted by atomic mass is 35.5. The van der Waals surface area contributed by atoms with Crippen LogP contribution in [0.4, 0.5) is 0 Å². The highest BCUT2D eigenvalue weighted by Gasteiger charge is 2.30. The number of pyridine rings is 1. The Hall–Kier alpha value is -2.06. The molecule has 0 spiro atoms. The normalized spacial score (nSPS) is 16.0. The molecule has 0 saturated heterocycles. The molecule has 2 heterocycles. The molecule has 0 bridgehead atoms. The van der Waals surface area contributed by atoms with Crippen molar-refractivity contribution < 1.29 is 4.74 Å². The highest BCUT2D eigenvalue weighted by molar-refractivity contribution is 6.31. The first-order chi connectivity index (χ1) is 11.0. The van der Waals surface area contributed by atoms with E-state index in [0.29, 0.717) is 0 Å². The van der Waals surface area contributed by atoms with Crippen molar-refractivity contribution in [1.82, 2.24) is 4.98 Å². The van der Waals surface area contributed by atoms with Crippen molar-refractivity contribution in [1.29, 1.82) is 0 Å². The Morgan fingerprint density at radius 1 is 1.09 bits per heavy atom. The van der Waals surface area contributed by atoms with Crippen LogP contribution in [0.25, 0.3) is 22.0 Å². The minimum atomic E-state index is -0.173. The van der Waals surface area contributed by atoms with Gasteiger partial charge in [0.05, 0.1) is 5.52 Å². The molecule has 0 saturated carbocycles. The maximum Gasteiger partial charge on any atom is 0.218 e. The van der Waals surface area contributed by atoms with Crippen LogP contribution in [0.15, 0.2) is 48.5 Å². The van der Waals surface area contributed by atoms with Crippen LogP contribution in [-0.4, -0.2) is 10.6 Å². The van der Waals surface area contributed by atoms with Crippen molar-refractivity contribution in [2.24, 2.45) is 0 Å². The van der Waals surface area contributed by atoms with Gasteiger partial charge >= 0.3 is 0 Å². The predicted molar refractivity (Wildman–Crippen MR) is 95.2 cm³/mol. The highest BCUT2D eigenvalue weighted by Crippen LogP contribution is 2.42. The van der Waals surface area contributed by atoms with Gasteiger partial charge in [-0.05, 0) is 56.0 Å². The molecular formula is C20H18ClNO.